The molecule has 0 saturated heterocycles. The van der Waals surface area contributed by atoms with Gasteiger partial charge in [0.2, 0.25) is 5.88 Å². The monoisotopic (exact) mass is 258 g/mol. The van der Waals surface area contributed by atoms with Gasteiger partial charge in [0, 0.05) is 20.2 Å². The maximum atomic E-state index is 5.09. The lowest BCUT2D eigenvalue weighted by molar-refractivity contribution is 0.396. The SMILES string of the molecule is COc1cccc(CNc2ccc(N(C)C)nc2)n1. The summed E-state index contributed by atoms with van der Waals surface area (Å²) in [6.45, 7) is 0.639. The van der Waals surface area contributed by atoms with Crippen LogP contribution in [0, 0.1) is 0 Å². The van der Waals surface area contributed by atoms with Crippen LogP contribution in [0.1, 0.15) is 5.69 Å². The second kappa shape index (κ2) is 6.04. The minimum Gasteiger partial charge on any atom is -0.481 e. The molecule has 19 heavy (non-hydrogen) atoms. The van der Waals surface area contributed by atoms with E-state index in [-0.39, 0.29) is 0 Å². The first kappa shape index (κ1) is 13.1. The van der Waals surface area contributed by atoms with E-state index >= 15 is 0 Å². The normalized spacial score (nSPS) is 10.1. The van der Waals surface area contributed by atoms with Crippen molar-refractivity contribution >= 4 is 11.5 Å². The first-order valence-corrected chi connectivity index (χ1v) is 6.06. The highest BCUT2D eigenvalue weighted by atomic mass is 16.5. The van der Waals surface area contributed by atoms with Gasteiger partial charge in [0.25, 0.3) is 0 Å². The van der Waals surface area contributed by atoms with Crippen LogP contribution in [0.3, 0.4) is 0 Å². The number of ether oxygens (including phenoxy) is 1. The number of hydrogen-bond acceptors (Lipinski definition) is 5. The number of methoxy groups -OCH3 is 1. The van der Waals surface area contributed by atoms with E-state index in [1.807, 2.05) is 55.5 Å². The van der Waals surface area contributed by atoms with Crippen LogP contribution in [0.2, 0.25) is 0 Å². The fourth-order valence-corrected chi connectivity index (χ4v) is 1.62. The molecule has 0 aliphatic heterocycles. The lowest BCUT2D eigenvalue weighted by atomic mass is 10.3. The quantitative estimate of drug-likeness (QED) is 0.890. The Balaban J connectivity index is 1.98. The summed E-state index contributed by atoms with van der Waals surface area (Å²) in [5.41, 5.74) is 1.89. The minimum absolute atomic E-state index is 0.625. The number of anilines is 2. The molecule has 0 radical (unpaired) electrons. The average molecular weight is 258 g/mol. The molecule has 0 amide bonds. The summed E-state index contributed by atoms with van der Waals surface area (Å²) in [5, 5.41) is 3.28. The van der Waals surface area contributed by atoms with E-state index in [1.165, 1.54) is 0 Å². The van der Waals surface area contributed by atoms with Gasteiger partial charge < -0.3 is 15.0 Å². The molecule has 100 valence electrons. The van der Waals surface area contributed by atoms with Crippen LogP contribution >= 0.6 is 0 Å². The maximum absolute atomic E-state index is 5.09. The lowest BCUT2D eigenvalue weighted by Gasteiger charge is -2.12. The molecular formula is C14H18N4O. The Kier molecular flexibility index (Phi) is 4.18. The van der Waals surface area contributed by atoms with E-state index in [9.17, 15) is 0 Å². The number of nitrogens with one attached hydrogen (secondary N) is 1. The second-order valence-corrected chi connectivity index (χ2v) is 4.32. The van der Waals surface area contributed by atoms with Gasteiger partial charge in [-0.05, 0) is 18.2 Å². The fourth-order valence-electron chi connectivity index (χ4n) is 1.62. The topological polar surface area (TPSA) is 50.3 Å². The molecular weight excluding hydrogens is 240 g/mol. The summed E-state index contributed by atoms with van der Waals surface area (Å²) in [6.07, 6.45) is 1.81. The second-order valence-electron chi connectivity index (χ2n) is 4.32. The van der Waals surface area contributed by atoms with Gasteiger partial charge >= 0.3 is 0 Å². The standard InChI is InChI=1S/C14H18N4O/c1-18(2)13-8-7-11(9-16-13)15-10-12-5-4-6-14(17-12)19-3/h4-9,15H,10H2,1-3H3. The zero-order valence-corrected chi connectivity index (χ0v) is 11.4. The van der Waals surface area contributed by atoms with Crippen molar-refractivity contribution in [2.45, 2.75) is 6.54 Å². The van der Waals surface area contributed by atoms with Crippen LogP contribution in [-0.4, -0.2) is 31.2 Å². The maximum Gasteiger partial charge on any atom is 0.213 e. The van der Waals surface area contributed by atoms with Gasteiger partial charge in [0.15, 0.2) is 0 Å². The molecule has 0 aliphatic rings. The van der Waals surface area contributed by atoms with E-state index in [1.54, 1.807) is 7.11 Å². The largest absolute Gasteiger partial charge is 0.481 e. The molecule has 0 fully saturated rings. The molecule has 0 unspecified atom stereocenters. The molecule has 1 N–H and O–H groups in total. The van der Waals surface area contributed by atoms with Crippen LogP contribution in [0.4, 0.5) is 11.5 Å². The van der Waals surface area contributed by atoms with Crippen molar-refractivity contribution in [2.24, 2.45) is 0 Å². The predicted octanol–water partition coefficient (Wildman–Crippen LogP) is 2.16. The number of rotatable bonds is 5. The molecule has 2 heterocycles. The number of hydrogen-bond donors (Lipinski definition) is 1. The molecule has 0 spiro atoms. The van der Waals surface area contributed by atoms with Gasteiger partial charge in [-0.15, -0.1) is 0 Å². The molecule has 0 bridgehead atoms. The zero-order valence-electron chi connectivity index (χ0n) is 11.4. The predicted molar refractivity (Wildman–Crippen MR) is 76.7 cm³/mol. The van der Waals surface area contributed by atoms with Crippen LogP contribution in [-0.2, 0) is 6.54 Å². The van der Waals surface area contributed by atoms with Crippen LogP contribution in [0.25, 0.3) is 0 Å². The van der Waals surface area contributed by atoms with Crippen molar-refractivity contribution in [1.82, 2.24) is 9.97 Å². The average Bonchev–Trinajstić information content (AvgIpc) is 2.46. The Labute approximate surface area is 113 Å². The van der Waals surface area contributed by atoms with Gasteiger partial charge in [0.1, 0.15) is 5.82 Å². The van der Waals surface area contributed by atoms with Crippen molar-refractivity contribution in [3.63, 3.8) is 0 Å². The third kappa shape index (κ3) is 3.58. The van der Waals surface area contributed by atoms with Crippen LogP contribution in [0.15, 0.2) is 36.5 Å². The highest BCUT2D eigenvalue weighted by Crippen LogP contribution is 2.13. The van der Waals surface area contributed by atoms with Gasteiger partial charge in [-0.3, -0.25) is 0 Å². The van der Waals surface area contributed by atoms with Gasteiger partial charge in [0.05, 0.1) is 31.2 Å². The Hall–Kier alpha value is -2.30. The van der Waals surface area contributed by atoms with Gasteiger partial charge in [-0.2, -0.15) is 0 Å². The molecule has 2 rings (SSSR count). The Morgan fingerprint density at radius 2 is 2.05 bits per heavy atom. The van der Waals surface area contributed by atoms with Crippen molar-refractivity contribution in [1.29, 1.82) is 0 Å². The smallest absolute Gasteiger partial charge is 0.213 e. The summed E-state index contributed by atoms with van der Waals surface area (Å²) in [5.74, 6) is 1.56. The third-order valence-corrected chi connectivity index (χ3v) is 2.67. The van der Waals surface area contributed by atoms with Crippen molar-refractivity contribution in [3.05, 3.63) is 42.2 Å². The van der Waals surface area contributed by atoms with E-state index in [0.717, 1.165) is 17.2 Å². The van der Waals surface area contributed by atoms with E-state index < -0.39 is 0 Å². The summed E-state index contributed by atoms with van der Waals surface area (Å²) >= 11 is 0. The highest BCUT2D eigenvalue weighted by molar-refractivity contribution is 5.48. The van der Waals surface area contributed by atoms with E-state index in [2.05, 4.69) is 15.3 Å². The Morgan fingerprint density at radius 3 is 2.68 bits per heavy atom. The molecule has 2 aromatic rings. The first-order valence-electron chi connectivity index (χ1n) is 6.06. The summed E-state index contributed by atoms with van der Waals surface area (Å²) in [7, 11) is 5.55. The molecule has 2 aromatic heterocycles. The van der Waals surface area contributed by atoms with Crippen molar-refractivity contribution < 1.29 is 4.74 Å². The van der Waals surface area contributed by atoms with Gasteiger partial charge in [-0.1, -0.05) is 6.07 Å². The number of nitrogens with zero attached hydrogens (tertiary/aromatic N) is 3. The molecule has 0 aliphatic carbocycles. The molecule has 0 atom stereocenters. The number of pyridine rings is 2. The third-order valence-electron chi connectivity index (χ3n) is 2.67. The fraction of sp³-hybridized carbons (Fsp3) is 0.286. The molecule has 0 aromatic carbocycles. The number of aromatic nitrogens is 2. The van der Waals surface area contributed by atoms with E-state index in [0.29, 0.717) is 12.4 Å². The molecule has 5 heteroatoms. The first-order chi connectivity index (χ1) is 9.19. The van der Waals surface area contributed by atoms with Crippen molar-refractivity contribution in [3.8, 4) is 5.88 Å². The Morgan fingerprint density at radius 1 is 1.21 bits per heavy atom. The molecule has 0 saturated carbocycles. The van der Waals surface area contributed by atoms with E-state index in [4.69, 9.17) is 4.74 Å². The molecule has 5 nitrogen and oxygen atoms in total. The summed E-state index contributed by atoms with van der Waals surface area (Å²) in [4.78, 5) is 10.6. The van der Waals surface area contributed by atoms with Crippen LogP contribution < -0.4 is 15.0 Å². The lowest BCUT2D eigenvalue weighted by Crippen LogP contribution is -2.10. The summed E-state index contributed by atoms with van der Waals surface area (Å²) < 4.78 is 5.09. The van der Waals surface area contributed by atoms with Crippen LogP contribution in [0.5, 0.6) is 5.88 Å². The summed E-state index contributed by atoms with van der Waals surface area (Å²) in [6, 6.07) is 9.69. The van der Waals surface area contributed by atoms with Crippen molar-refractivity contribution in [2.75, 3.05) is 31.4 Å². The minimum atomic E-state index is 0.625. The highest BCUT2D eigenvalue weighted by Gasteiger charge is 2.00. The van der Waals surface area contributed by atoms with Gasteiger partial charge in [-0.25, -0.2) is 9.97 Å². The zero-order chi connectivity index (χ0) is 13.7. The Bertz CT molecular complexity index is 525.